The first-order valence-electron chi connectivity index (χ1n) is 6.43. The summed E-state index contributed by atoms with van der Waals surface area (Å²) in [5, 5.41) is 11.6. The first kappa shape index (κ1) is 11.4. The summed E-state index contributed by atoms with van der Waals surface area (Å²) in [6.07, 6.45) is 9.20. The highest BCUT2D eigenvalue weighted by Crippen LogP contribution is 2.16. The summed E-state index contributed by atoms with van der Waals surface area (Å²) in [5.74, 6) is 0.891. The van der Waals surface area contributed by atoms with E-state index in [1.807, 2.05) is 10.6 Å². The Hall–Kier alpha value is -1.69. The number of piperidine rings is 1. The van der Waals surface area contributed by atoms with Gasteiger partial charge in [-0.25, -0.2) is 4.98 Å². The van der Waals surface area contributed by atoms with Crippen molar-refractivity contribution >= 4 is 11.5 Å². The molecule has 3 heterocycles. The molecule has 1 aliphatic rings. The third-order valence-electron chi connectivity index (χ3n) is 3.47. The molecule has 0 bridgehead atoms. The van der Waals surface area contributed by atoms with E-state index in [4.69, 9.17) is 0 Å². The molecule has 0 spiro atoms. The van der Waals surface area contributed by atoms with Crippen LogP contribution in [0.15, 0.2) is 18.7 Å². The first-order chi connectivity index (χ1) is 8.84. The smallest absolute Gasteiger partial charge is 0.203 e. The zero-order chi connectivity index (χ0) is 12.4. The normalized spacial score (nSPS) is 20.2. The Bertz CT molecular complexity index is 516. The molecule has 1 unspecified atom stereocenters. The summed E-state index contributed by atoms with van der Waals surface area (Å²) < 4.78 is 1.90. The molecule has 1 N–H and O–H groups in total. The van der Waals surface area contributed by atoms with Crippen molar-refractivity contribution in [3.8, 4) is 0 Å². The van der Waals surface area contributed by atoms with E-state index in [0.717, 1.165) is 24.6 Å². The predicted molar refractivity (Wildman–Crippen MR) is 69.7 cm³/mol. The molecule has 1 fully saturated rings. The molecule has 0 amide bonds. The summed E-state index contributed by atoms with van der Waals surface area (Å²) in [6.45, 7) is 2.08. The molecule has 0 aliphatic carbocycles. The third kappa shape index (κ3) is 2.15. The van der Waals surface area contributed by atoms with Gasteiger partial charge in [-0.15, -0.1) is 10.2 Å². The number of anilines is 1. The fourth-order valence-corrected chi connectivity index (χ4v) is 2.51. The minimum atomic E-state index is 0.550. The van der Waals surface area contributed by atoms with Crippen LogP contribution in [-0.2, 0) is 0 Å². The summed E-state index contributed by atoms with van der Waals surface area (Å²) in [7, 11) is 2.06. The fraction of sp³-hybridized carbons (Fsp3) is 0.583. The number of rotatable bonds is 3. The summed E-state index contributed by atoms with van der Waals surface area (Å²) in [5.41, 5.74) is 0.816. The second kappa shape index (κ2) is 4.89. The predicted octanol–water partition coefficient (Wildman–Crippen LogP) is 0.703. The van der Waals surface area contributed by atoms with Gasteiger partial charge in [0.1, 0.15) is 6.33 Å². The van der Waals surface area contributed by atoms with Crippen molar-refractivity contribution in [3.05, 3.63) is 18.7 Å². The van der Waals surface area contributed by atoms with Crippen LogP contribution >= 0.6 is 0 Å². The van der Waals surface area contributed by atoms with Crippen LogP contribution in [0.25, 0.3) is 5.65 Å². The van der Waals surface area contributed by atoms with Crippen molar-refractivity contribution in [2.24, 2.45) is 0 Å². The van der Waals surface area contributed by atoms with Gasteiger partial charge < -0.3 is 10.2 Å². The van der Waals surface area contributed by atoms with Crippen LogP contribution in [0.3, 0.4) is 0 Å². The maximum Gasteiger partial charge on any atom is 0.203 e. The number of hydrogen-bond donors (Lipinski definition) is 1. The fourth-order valence-electron chi connectivity index (χ4n) is 2.51. The SMILES string of the molecule is CN(CC1CCCCN1)c1nccn2cnnc12. The molecular formula is C12H18N6. The van der Waals surface area contributed by atoms with Crippen LogP contribution in [-0.4, -0.2) is 45.8 Å². The van der Waals surface area contributed by atoms with E-state index in [0.29, 0.717) is 6.04 Å². The maximum absolute atomic E-state index is 4.42. The number of aromatic nitrogens is 4. The quantitative estimate of drug-likeness (QED) is 0.864. The van der Waals surface area contributed by atoms with Crippen molar-refractivity contribution in [1.82, 2.24) is 24.9 Å². The topological polar surface area (TPSA) is 58.4 Å². The van der Waals surface area contributed by atoms with E-state index in [1.165, 1.54) is 19.3 Å². The second-order valence-electron chi connectivity index (χ2n) is 4.84. The van der Waals surface area contributed by atoms with Gasteiger partial charge in [0, 0.05) is 32.0 Å². The van der Waals surface area contributed by atoms with Gasteiger partial charge in [-0.05, 0) is 19.4 Å². The monoisotopic (exact) mass is 246 g/mol. The van der Waals surface area contributed by atoms with E-state index in [1.54, 1.807) is 12.5 Å². The Morgan fingerprint density at radius 3 is 3.28 bits per heavy atom. The molecular weight excluding hydrogens is 228 g/mol. The summed E-state index contributed by atoms with van der Waals surface area (Å²) in [4.78, 5) is 6.58. The van der Waals surface area contributed by atoms with Crippen LogP contribution in [0.4, 0.5) is 5.82 Å². The zero-order valence-corrected chi connectivity index (χ0v) is 10.6. The molecule has 1 atom stereocenters. The van der Waals surface area contributed by atoms with Crippen LogP contribution in [0.1, 0.15) is 19.3 Å². The number of hydrogen-bond acceptors (Lipinski definition) is 5. The summed E-state index contributed by atoms with van der Waals surface area (Å²) >= 11 is 0. The van der Waals surface area contributed by atoms with E-state index >= 15 is 0 Å². The number of nitrogens with one attached hydrogen (secondary N) is 1. The van der Waals surface area contributed by atoms with Crippen LogP contribution in [0.5, 0.6) is 0 Å². The minimum absolute atomic E-state index is 0.550. The van der Waals surface area contributed by atoms with Crippen molar-refractivity contribution in [1.29, 1.82) is 0 Å². The lowest BCUT2D eigenvalue weighted by Gasteiger charge is -2.28. The lowest BCUT2D eigenvalue weighted by atomic mass is 10.0. The highest BCUT2D eigenvalue weighted by atomic mass is 15.3. The van der Waals surface area contributed by atoms with Crippen LogP contribution in [0, 0.1) is 0 Å². The van der Waals surface area contributed by atoms with E-state index < -0.39 is 0 Å². The van der Waals surface area contributed by atoms with Gasteiger partial charge in [0.2, 0.25) is 5.65 Å². The Balaban J connectivity index is 1.78. The zero-order valence-electron chi connectivity index (χ0n) is 10.6. The number of fused-ring (bicyclic) bond motifs is 1. The molecule has 2 aromatic rings. The highest BCUT2D eigenvalue weighted by molar-refractivity contribution is 5.62. The lowest BCUT2D eigenvalue weighted by molar-refractivity contribution is 0.403. The molecule has 1 aliphatic heterocycles. The average molecular weight is 246 g/mol. The van der Waals surface area contributed by atoms with Gasteiger partial charge in [0.15, 0.2) is 5.82 Å². The molecule has 2 aromatic heterocycles. The highest BCUT2D eigenvalue weighted by Gasteiger charge is 2.17. The Labute approximate surface area is 106 Å². The van der Waals surface area contributed by atoms with Crippen molar-refractivity contribution in [3.63, 3.8) is 0 Å². The van der Waals surface area contributed by atoms with E-state index in [2.05, 4.69) is 32.4 Å². The second-order valence-corrected chi connectivity index (χ2v) is 4.84. The molecule has 6 nitrogen and oxygen atoms in total. The van der Waals surface area contributed by atoms with Crippen molar-refractivity contribution in [2.75, 3.05) is 25.0 Å². The lowest BCUT2D eigenvalue weighted by Crippen LogP contribution is -2.42. The molecule has 6 heteroatoms. The molecule has 0 saturated carbocycles. The molecule has 0 radical (unpaired) electrons. The van der Waals surface area contributed by atoms with Crippen molar-refractivity contribution in [2.45, 2.75) is 25.3 Å². The average Bonchev–Trinajstić information content (AvgIpc) is 2.87. The van der Waals surface area contributed by atoms with Gasteiger partial charge in [-0.2, -0.15) is 0 Å². The third-order valence-corrected chi connectivity index (χ3v) is 3.47. The number of nitrogens with zero attached hydrogens (tertiary/aromatic N) is 5. The minimum Gasteiger partial charge on any atom is -0.355 e. The largest absolute Gasteiger partial charge is 0.355 e. The van der Waals surface area contributed by atoms with Crippen LogP contribution < -0.4 is 10.2 Å². The van der Waals surface area contributed by atoms with Crippen LogP contribution in [0.2, 0.25) is 0 Å². The standard InChI is InChI=1S/C12H18N6/c1-17(8-10-4-2-3-5-13-10)11-12-16-15-9-18(12)7-6-14-11/h6-7,9-10,13H,2-5,8H2,1H3. The Kier molecular flexibility index (Phi) is 3.10. The van der Waals surface area contributed by atoms with Gasteiger partial charge in [0.05, 0.1) is 0 Å². The van der Waals surface area contributed by atoms with Crippen molar-refractivity contribution < 1.29 is 0 Å². The molecule has 3 rings (SSSR count). The number of likely N-dealkylation sites (N-methyl/N-ethyl adjacent to an activating group) is 1. The van der Waals surface area contributed by atoms with Gasteiger partial charge in [0.25, 0.3) is 0 Å². The molecule has 18 heavy (non-hydrogen) atoms. The summed E-state index contributed by atoms with van der Waals surface area (Å²) in [6, 6.07) is 0.550. The van der Waals surface area contributed by atoms with Gasteiger partial charge in [-0.3, -0.25) is 4.40 Å². The molecule has 1 saturated heterocycles. The van der Waals surface area contributed by atoms with E-state index in [-0.39, 0.29) is 0 Å². The Morgan fingerprint density at radius 2 is 2.44 bits per heavy atom. The molecule has 0 aromatic carbocycles. The van der Waals surface area contributed by atoms with Gasteiger partial charge >= 0.3 is 0 Å². The molecule has 96 valence electrons. The van der Waals surface area contributed by atoms with E-state index in [9.17, 15) is 0 Å². The van der Waals surface area contributed by atoms with Gasteiger partial charge in [-0.1, -0.05) is 6.42 Å². The Morgan fingerprint density at radius 1 is 1.50 bits per heavy atom. The first-order valence-corrected chi connectivity index (χ1v) is 6.43. The maximum atomic E-state index is 4.42.